The molecule has 9 nitrogen and oxygen atoms in total. The quantitative estimate of drug-likeness (QED) is 0.676. The van der Waals surface area contributed by atoms with Crippen LogP contribution in [0.5, 0.6) is 0 Å². The van der Waals surface area contributed by atoms with Gasteiger partial charge in [0.15, 0.2) is 9.84 Å². The first-order chi connectivity index (χ1) is 11.3. The van der Waals surface area contributed by atoms with E-state index in [-0.39, 0.29) is 34.3 Å². The molecule has 1 atom stereocenters. The van der Waals surface area contributed by atoms with Crippen molar-refractivity contribution < 1.29 is 21.6 Å². The summed E-state index contributed by atoms with van der Waals surface area (Å²) >= 11 is 0.892. The summed E-state index contributed by atoms with van der Waals surface area (Å²) < 4.78 is 55.3. The Labute approximate surface area is 142 Å². The van der Waals surface area contributed by atoms with E-state index in [1.807, 2.05) is 4.83 Å². The van der Waals surface area contributed by atoms with E-state index in [1.165, 1.54) is 12.1 Å². The van der Waals surface area contributed by atoms with Crippen LogP contribution in [-0.4, -0.2) is 43.0 Å². The summed E-state index contributed by atoms with van der Waals surface area (Å²) in [6.45, 7) is 0. The van der Waals surface area contributed by atoms with Crippen molar-refractivity contribution in [3.8, 4) is 0 Å². The van der Waals surface area contributed by atoms with Crippen LogP contribution in [0.2, 0.25) is 0 Å². The van der Waals surface area contributed by atoms with E-state index in [9.17, 15) is 21.6 Å². The molecule has 0 bridgehead atoms. The van der Waals surface area contributed by atoms with E-state index in [4.69, 9.17) is 0 Å². The van der Waals surface area contributed by atoms with Crippen LogP contribution in [0, 0.1) is 5.92 Å². The number of hydrogen-bond acceptors (Lipinski definition) is 8. The smallest absolute Gasteiger partial charge is 0.259 e. The Morgan fingerprint density at radius 3 is 2.83 bits per heavy atom. The van der Waals surface area contributed by atoms with Crippen molar-refractivity contribution in [3.05, 3.63) is 18.2 Å². The number of fused-ring (bicyclic) bond motifs is 1. The Morgan fingerprint density at radius 1 is 1.33 bits per heavy atom. The Hall–Kier alpha value is -1.63. The third kappa shape index (κ3) is 3.71. The van der Waals surface area contributed by atoms with E-state index in [2.05, 4.69) is 14.2 Å². The third-order valence-corrected chi connectivity index (χ3v) is 7.32. The topological polar surface area (TPSA) is 135 Å². The summed E-state index contributed by atoms with van der Waals surface area (Å²) in [7, 11) is -7.08. The molecule has 1 unspecified atom stereocenters. The number of rotatable bonds is 5. The molecule has 0 saturated carbocycles. The lowest BCUT2D eigenvalue weighted by Crippen LogP contribution is -2.42. The first-order valence-electron chi connectivity index (χ1n) is 6.99. The monoisotopic (exact) mass is 390 g/mol. The Bertz CT molecular complexity index is 983. The van der Waals surface area contributed by atoms with Crippen LogP contribution < -0.4 is 10.3 Å². The molecule has 1 aromatic carbocycles. The lowest BCUT2D eigenvalue weighted by atomic mass is 10.1. The molecule has 3 rings (SSSR count). The van der Waals surface area contributed by atoms with Crippen LogP contribution in [0.25, 0.3) is 11.0 Å². The predicted octanol–water partition coefficient (Wildman–Crippen LogP) is -0.174. The maximum atomic E-state index is 12.3. The standard InChI is InChI=1S/C12H14N4O5S3/c17-11(6-8-4-5-23(18,19)7-8)13-16-24(20,21)10-3-1-2-9-12(10)15-22-14-9/h1-3,8,16H,4-7H2,(H,13,17). The normalized spacial score (nSPS) is 20.2. The summed E-state index contributed by atoms with van der Waals surface area (Å²) in [5, 5.41) is 0. The van der Waals surface area contributed by atoms with Crippen molar-refractivity contribution in [3.63, 3.8) is 0 Å². The minimum atomic E-state index is -4.00. The molecule has 1 saturated heterocycles. The van der Waals surface area contributed by atoms with Gasteiger partial charge in [0.25, 0.3) is 10.0 Å². The van der Waals surface area contributed by atoms with E-state index in [0.29, 0.717) is 11.9 Å². The number of sulfonamides is 1. The van der Waals surface area contributed by atoms with Gasteiger partial charge in [-0.2, -0.15) is 8.75 Å². The fourth-order valence-electron chi connectivity index (χ4n) is 2.52. The zero-order valence-electron chi connectivity index (χ0n) is 12.3. The minimum absolute atomic E-state index is 0.0447. The second kappa shape index (κ2) is 6.35. The van der Waals surface area contributed by atoms with Crippen LogP contribution in [0.1, 0.15) is 12.8 Å². The third-order valence-electron chi connectivity index (χ3n) is 3.66. The molecule has 1 aromatic heterocycles. The van der Waals surface area contributed by atoms with Gasteiger partial charge in [0, 0.05) is 6.42 Å². The summed E-state index contributed by atoms with van der Waals surface area (Å²) in [6.07, 6.45) is 0.358. The summed E-state index contributed by atoms with van der Waals surface area (Å²) in [6, 6.07) is 4.53. The fraction of sp³-hybridized carbons (Fsp3) is 0.417. The molecule has 1 amide bonds. The number of hydrogen-bond donors (Lipinski definition) is 2. The van der Waals surface area contributed by atoms with Crippen molar-refractivity contribution in [2.24, 2.45) is 5.92 Å². The van der Waals surface area contributed by atoms with E-state index >= 15 is 0 Å². The van der Waals surface area contributed by atoms with E-state index in [1.54, 1.807) is 6.07 Å². The number of nitrogens with zero attached hydrogens (tertiary/aromatic N) is 2. The molecule has 130 valence electrons. The molecule has 0 spiro atoms. The number of nitrogens with one attached hydrogen (secondary N) is 2. The molecule has 12 heteroatoms. The first kappa shape index (κ1) is 17.2. The summed E-state index contributed by atoms with van der Waals surface area (Å²) in [4.78, 5) is 13.8. The first-order valence-corrected chi connectivity index (χ1v) is 11.0. The molecule has 0 radical (unpaired) electrons. The van der Waals surface area contributed by atoms with Gasteiger partial charge in [0.2, 0.25) is 5.91 Å². The van der Waals surface area contributed by atoms with Crippen LogP contribution in [-0.2, 0) is 24.7 Å². The van der Waals surface area contributed by atoms with Gasteiger partial charge in [-0.05, 0) is 24.5 Å². The Kier molecular flexibility index (Phi) is 4.55. The highest BCUT2D eigenvalue weighted by Crippen LogP contribution is 2.22. The molecular weight excluding hydrogens is 376 g/mol. The van der Waals surface area contributed by atoms with Gasteiger partial charge in [0.1, 0.15) is 15.9 Å². The predicted molar refractivity (Wildman–Crippen MR) is 87.3 cm³/mol. The number of carbonyl (C=O) groups is 1. The molecule has 0 aliphatic carbocycles. The number of aromatic nitrogens is 2. The van der Waals surface area contributed by atoms with Crippen molar-refractivity contribution >= 4 is 48.5 Å². The molecule has 2 aromatic rings. The van der Waals surface area contributed by atoms with Gasteiger partial charge in [-0.1, -0.05) is 6.07 Å². The Morgan fingerprint density at radius 2 is 2.12 bits per heavy atom. The second-order valence-electron chi connectivity index (χ2n) is 5.51. The number of hydrazine groups is 1. The van der Waals surface area contributed by atoms with E-state index in [0.717, 1.165) is 11.7 Å². The average molecular weight is 390 g/mol. The molecule has 2 heterocycles. The molecule has 2 N–H and O–H groups in total. The minimum Gasteiger partial charge on any atom is -0.278 e. The van der Waals surface area contributed by atoms with Crippen molar-refractivity contribution in [2.45, 2.75) is 17.7 Å². The highest BCUT2D eigenvalue weighted by Gasteiger charge is 2.29. The zero-order valence-corrected chi connectivity index (χ0v) is 14.7. The second-order valence-corrected chi connectivity index (χ2v) is 9.92. The van der Waals surface area contributed by atoms with Crippen LogP contribution in [0.15, 0.2) is 23.1 Å². The van der Waals surface area contributed by atoms with Crippen LogP contribution >= 0.6 is 11.7 Å². The molecule has 1 aliphatic rings. The Balaban J connectivity index is 1.65. The van der Waals surface area contributed by atoms with Crippen molar-refractivity contribution in [1.29, 1.82) is 0 Å². The van der Waals surface area contributed by atoms with Crippen LogP contribution in [0.3, 0.4) is 0 Å². The largest absolute Gasteiger partial charge is 0.278 e. The van der Waals surface area contributed by atoms with Crippen molar-refractivity contribution in [2.75, 3.05) is 11.5 Å². The zero-order chi connectivity index (χ0) is 17.4. The van der Waals surface area contributed by atoms with Gasteiger partial charge < -0.3 is 0 Å². The fourth-order valence-corrected chi connectivity index (χ4v) is 6.01. The summed E-state index contributed by atoms with van der Waals surface area (Å²) in [5.74, 6) is -0.846. The SMILES string of the molecule is O=C(CC1CCS(=O)(=O)C1)NNS(=O)(=O)c1cccc2nsnc12. The molecular formula is C12H14N4O5S3. The van der Waals surface area contributed by atoms with E-state index < -0.39 is 25.8 Å². The highest BCUT2D eigenvalue weighted by atomic mass is 32.2. The number of carbonyl (C=O) groups excluding carboxylic acids is 1. The highest BCUT2D eigenvalue weighted by molar-refractivity contribution is 7.91. The maximum absolute atomic E-state index is 12.3. The maximum Gasteiger partial charge on any atom is 0.259 e. The van der Waals surface area contributed by atoms with Crippen molar-refractivity contribution in [1.82, 2.24) is 19.0 Å². The number of sulfone groups is 1. The van der Waals surface area contributed by atoms with Gasteiger partial charge in [-0.15, -0.1) is 4.83 Å². The molecule has 1 fully saturated rings. The lowest BCUT2D eigenvalue weighted by molar-refractivity contribution is -0.122. The average Bonchev–Trinajstić information content (AvgIpc) is 3.11. The van der Waals surface area contributed by atoms with Crippen LogP contribution in [0.4, 0.5) is 0 Å². The van der Waals surface area contributed by atoms with Gasteiger partial charge >= 0.3 is 0 Å². The molecule has 1 aliphatic heterocycles. The van der Waals surface area contributed by atoms with Gasteiger partial charge in [-0.25, -0.2) is 16.8 Å². The lowest BCUT2D eigenvalue weighted by Gasteiger charge is -2.10. The summed E-state index contributed by atoms with van der Waals surface area (Å²) in [5.41, 5.74) is 2.79. The molecule has 24 heavy (non-hydrogen) atoms. The number of benzene rings is 1. The van der Waals surface area contributed by atoms with Gasteiger partial charge in [-0.3, -0.25) is 10.2 Å². The number of amides is 1. The van der Waals surface area contributed by atoms with Gasteiger partial charge in [0.05, 0.1) is 23.2 Å².